The Hall–Kier alpha value is -1.22. The van der Waals surface area contributed by atoms with Crippen LogP contribution in [0.1, 0.15) is 26.7 Å². The Morgan fingerprint density at radius 1 is 1.16 bits per heavy atom. The molecule has 1 unspecified atom stereocenters. The first kappa shape index (κ1) is 12.8. The quantitative estimate of drug-likeness (QED) is 0.900. The topological polar surface area (TPSA) is 24.5 Å². The van der Waals surface area contributed by atoms with Gasteiger partial charge >= 0.3 is 0 Å². The van der Waals surface area contributed by atoms with E-state index in [9.17, 15) is 0 Å². The molecule has 0 saturated carbocycles. The molecular weight excluding hydrogens is 236 g/mol. The molecule has 4 rings (SSSR count). The minimum Gasteiger partial charge on any atom is -0.491 e. The number of anilines is 1. The van der Waals surface area contributed by atoms with E-state index in [2.05, 4.69) is 48.3 Å². The van der Waals surface area contributed by atoms with E-state index in [1.54, 1.807) is 0 Å². The molecule has 0 spiro atoms. The molecule has 0 radical (unpaired) electrons. The number of nitrogens with zero attached hydrogens (tertiary/aromatic N) is 1. The number of piperidine rings is 3. The standard InChI is InChI=1S/C16H24N2O/c1-12(2)19-15-5-3-14(4-6-15)17-16-11-18-9-7-13(16)8-10-18/h3-6,12-13,16-17H,7-11H2,1-2H3. The minimum atomic E-state index is 0.237. The van der Waals surface area contributed by atoms with E-state index in [0.29, 0.717) is 6.04 Å². The normalized spacial score (nSPS) is 29.5. The fourth-order valence-electron chi connectivity index (χ4n) is 3.24. The molecule has 0 amide bonds. The summed E-state index contributed by atoms with van der Waals surface area (Å²) in [6.07, 6.45) is 2.94. The summed E-state index contributed by atoms with van der Waals surface area (Å²) >= 11 is 0. The molecule has 3 heterocycles. The maximum Gasteiger partial charge on any atom is 0.119 e. The molecule has 1 atom stereocenters. The Balaban J connectivity index is 1.60. The van der Waals surface area contributed by atoms with Gasteiger partial charge in [-0.2, -0.15) is 0 Å². The smallest absolute Gasteiger partial charge is 0.119 e. The largest absolute Gasteiger partial charge is 0.491 e. The monoisotopic (exact) mass is 260 g/mol. The summed E-state index contributed by atoms with van der Waals surface area (Å²) in [7, 11) is 0. The van der Waals surface area contributed by atoms with Gasteiger partial charge in [0.15, 0.2) is 0 Å². The van der Waals surface area contributed by atoms with Crippen molar-refractivity contribution in [3.63, 3.8) is 0 Å². The van der Waals surface area contributed by atoms with Gasteiger partial charge in [0.25, 0.3) is 0 Å². The summed E-state index contributed by atoms with van der Waals surface area (Å²) in [6, 6.07) is 9.01. The average molecular weight is 260 g/mol. The van der Waals surface area contributed by atoms with Crippen molar-refractivity contribution in [3.05, 3.63) is 24.3 Å². The zero-order valence-corrected chi connectivity index (χ0v) is 11.9. The summed E-state index contributed by atoms with van der Waals surface area (Å²) in [4.78, 5) is 2.58. The van der Waals surface area contributed by atoms with E-state index < -0.39 is 0 Å². The highest BCUT2D eigenvalue weighted by Gasteiger charge is 2.33. The molecule has 3 nitrogen and oxygen atoms in total. The van der Waals surface area contributed by atoms with Crippen molar-refractivity contribution in [2.24, 2.45) is 5.92 Å². The van der Waals surface area contributed by atoms with Crippen LogP contribution in [0.25, 0.3) is 0 Å². The average Bonchev–Trinajstić information content (AvgIpc) is 2.42. The van der Waals surface area contributed by atoms with Crippen LogP contribution in [0.15, 0.2) is 24.3 Å². The maximum absolute atomic E-state index is 5.67. The van der Waals surface area contributed by atoms with Crippen molar-refractivity contribution in [1.29, 1.82) is 0 Å². The van der Waals surface area contributed by atoms with Gasteiger partial charge in [0, 0.05) is 18.3 Å². The van der Waals surface area contributed by atoms with E-state index in [4.69, 9.17) is 4.74 Å². The first-order valence-corrected chi connectivity index (χ1v) is 7.46. The van der Waals surface area contributed by atoms with Gasteiger partial charge in [0.1, 0.15) is 5.75 Å². The zero-order valence-electron chi connectivity index (χ0n) is 11.9. The molecule has 3 aliphatic heterocycles. The van der Waals surface area contributed by atoms with Crippen molar-refractivity contribution >= 4 is 5.69 Å². The molecule has 2 bridgehead atoms. The lowest BCUT2D eigenvalue weighted by molar-refractivity contribution is 0.0975. The van der Waals surface area contributed by atoms with Crippen molar-refractivity contribution in [1.82, 2.24) is 4.90 Å². The lowest BCUT2D eigenvalue weighted by Gasteiger charge is -2.45. The summed E-state index contributed by atoms with van der Waals surface area (Å²) in [6.45, 7) is 7.90. The maximum atomic E-state index is 5.67. The minimum absolute atomic E-state index is 0.237. The highest BCUT2D eigenvalue weighted by molar-refractivity contribution is 5.47. The van der Waals surface area contributed by atoms with Gasteiger partial charge in [0.2, 0.25) is 0 Å². The van der Waals surface area contributed by atoms with Crippen LogP contribution in [0.3, 0.4) is 0 Å². The van der Waals surface area contributed by atoms with Crippen molar-refractivity contribution in [2.45, 2.75) is 38.8 Å². The second-order valence-corrected chi connectivity index (χ2v) is 6.08. The van der Waals surface area contributed by atoms with Crippen LogP contribution in [0, 0.1) is 5.92 Å². The number of hydrogen-bond donors (Lipinski definition) is 1. The van der Waals surface area contributed by atoms with E-state index in [0.717, 1.165) is 11.7 Å². The summed E-state index contributed by atoms with van der Waals surface area (Å²) in [5, 5.41) is 3.70. The molecule has 3 heteroatoms. The third kappa shape index (κ3) is 3.03. The second kappa shape index (κ2) is 5.41. The number of hydrogen-bond acceptors (Lipinski definition) is 3. The Bertz CT molecular complexity index is 407. The van der Waals surface area contributed by atoms with Crippen LogP contribution in [-0.4, -0.2) is 36.7 Å². The van der Waals surface area contributed by atoms with Gasteiger partial charge in [-0.05, 0) is 70.0 Å². The van der Waals surface area contributed by atoms with Crippen LogP contribution in [-0.2, 0) is 0 Å². The molecular formula is C16H24N2O. The van der Waals surface area contributed by atoms with Gasteiger partial charge < -0.3 is 15.0 Å². The molecule has 1 aromatic rings. The number of benzene rings is 1. The summed E-state index contributed by atoms with van der Waals surface area (Å²) in [5.74, 6) is 1.81. The second-order valence-electron chi connectivity index (χ2n) is 6.08. The zero-order chi connectivity index (χ0) is 13.2. The molecule has 3 fully saturated rings. The van der Waals surface area contributed by atoms with Crippen LogP contribution < -0.4 is 10.1 Å². The molecule has 104 valence electrons. The van der Waals surface area contributed by atoms with Crippen molar-refractivity contribution in [3.8, 4) is 5.75 Å². The lowest BCUT2D eigenvalue weighted by Crippen LogP contribution is -2.53. The van der Waals surface area contributed by atoms with E-state index >= 15 is 0 Å². The van der Waals surface area contributed by atoms with Crippen molar-refractivity contribution < 1.29 is 4.74 Å². The number of fused-ring (bicyclic) bond motifs is 3. The fraction of sp³-hybridized carbons (Fsp3) is 0.625. The SMILES string of the molecule is CC(C)Oc1ccc(NC2CN3CCC2CC3)cc1. The van der Waals surface area contributed by atoms with E-state index in [-0.39, 0.29) is 6.10 Å². The molecule has 19 heavy (non-hydrogen) atoms. The fourth-order valence-corrected chi connectivity index (χ4v) is 3.24. The molecule has 3 saturated heterocycles. The molecule has 1 N–H and O–H groups in total. The molecule has 1 aromatic carbocycles. The predicted octanol–water partition coefficient (Wildman–Crippen LogP) is 2.98. The Morgan fingerprint density at radius 3 is 2.37 bits per heavy atom. The third-order valence-electron chi connectivity index (χ3n) is 4.23. The van der Waals surface area contributed by atoms with Crippen molar-refractivity contribution in [2.75, 3.05) is 25.0 Å². The van der Waals surface area contributed by atoms with E-state index in [1.807, 2.05) is 0 Å². The summed E-state index contributed by atoms with van der Waals surface area (Å²) in [5.41, 5.74) is 1.22. The highest BCUT2D eigenvalue weighted by atomic mass is 16.5. The van der Waals surface area contributed by atoms with Crippen LogP contribution in [0.2, 0.25) is 0 Å². The third-order valence-corrected chi connectivity index (χ3v) is 4.23. The Labute approximate surface area is 115 Å². The number of rotatable bonds is 4. The van der Waals surface area contributed by atoms with Gasteiger partial charge in [0.05, 0.1) is 6.10 Å². The first-order chi connectivity index (χ1) is 9.20. The summed E-state index contributed by atoms with van der Waals surface area (Å²) < 4.78 is 5.67. The van der Waals surface area contributed by atoms with Crippen LogP contribution in [0.4, 0.5) is 5.69 Å². The van der Waals surface area contributed by atoms with Crippen LogP contribution in [0.5, 0.6) is 5.75 Å². The van der Waals surface area contributed by atoms with Crippen LogP contribution >= 0.6 is 0 Å². The molecule has 3 aliphatic rings. The first-order valence-electron chi connectivity index (χ1n) is 7.46. The Morgan fingerprint density at radius 2 is 1.84 bits per heavy atom. The highest BCUT2D eigenvalue weighted by Crippen LogP contribution is 2.30. The lowest BCUT2D eigenvalue weighted by atomic mass is 9.84. The molecule has 0 aromatic heterocycles. The van der Waals surface area contributed by atoms with Gasteiger partial charge in [-0.1, -0.05) is 0 Å². The number of ether oxygens (including phenoxy) is 1. The van der Waals surface area contributed by atoms with Gasteiger partial charge in [-0.25, -0.2) is 0 Å². The molecule has 0 aliphatic carbocycles. The van der Waals surface area contributed by atoms with Gasteiger partial charge in [-0.3, -0.25) is 0 Å². The predicted molar refractivity (Wildman–Crippen MR) is 78.8 cm³/mol. The van der Waals surface area contributed by atoms with Gasteiger partial charge in [-0.15, -0.1) is 0 Å². The number of nitrogens with one attached hydrogen (secondary N) is 1. The van der Waals surface area contributed by atoms with E-state index in [1.165, 1.54) is 38.2 Å². The Kier molecular flexibility index (Phi) is 3.65.